The average Bonchev–Trinajstić information content (AvgIpc) is 3.26. The van der Waals surface area contributed by atoms with Crippen LogP contribution in [0.15, 0.2) is 48.7 Å². The smallest absolute Gasteiger partial charge is 0.257 e. The first kappa shape index (κ1) is 21.5. The van der Waals surface area contributed by atoms with Gasteiger partial charge in [0, 0.05) is 43.6 Å². The lowest BCUT2D eigenvalue weighted by Gasteiger charge is -2.44. The highest BCUT2D eigenvalue weighted by Gasteiger charge is 2.46. The highest BCUT2D eigenvalue weighted by molar-refractivity contribution is 5.97. The van der Waals surface area contributed by atoms with Gasteiger partial charge in [-0.25, -0.2) is 4.39 Å². The molecule has 5 rings (SSSR count). The highest BCUT2D eigenvalue weighted by Crippen LogP contribution is 2.49. The summed E-state index contributed by atoms with van der Waals surface area (Å²) in [4.78, 5) is 15.1. The van der Waals surface area contributed by atoms with E-state index in [2.05, 4.69) is 18.1 Å². The molecule has 1 amide bonds. The number of benzene rings is 2. The van der Waals surface area contributed by atoms with E-state index in [1.54, 1.807) is 17.0 Å². The Morgan fingerprint density at radius 2 is 1.94 bits per heavy atom. The number of carbonyl (C=O) groups excluding carboxylic acids is 1. The van der Waals surface area contributed by atoms with Gasteiger partial charge >= 0.3 is 0 Å². The van der Waals surface area contributed by atoms with E-state index in [0.29, 0.717) is 25.9 Å². The van der Waals surface area contributed by atoms with Crippen LogP contribution in [0.5, 0.6) is 11.5 Å². The van der Waals surface area contributed by atoms with Crippen LogP contribution >= 0.6 is 0 Å². The Morgan fingerprint density at radius 3 is 2.67 bits per heavy atom. The summed E-state index contributed by atoms with van der Waals surface area (Å²) < 4.78 is 28.7. The molecule has 7 heteroatoms. The highest BCUT2D eigenvalue weighted by atomic mass is 19.1. The van der Waals surface area contributed by atoms with Crippen molar-refractivity contribution in [2.24, 2.45) is 0 Å². The van der Waals surface area contributed by atoms with Crippen molar-refractivity contribution in [2.75, 3.05) is 13.1 Å². The van der Waals surface area contributed by atoms with Crippen LogP contribution in [0.25, 0.3) is 11.3 Å². The van der Waals surface area contributed by atoms with Crippen LogP contribution in [0, 0.1) is 5.82 Å². The predicted octanol–water partition coefficient (Wildman–Crippen LogP) is 5.02. The van der Waals surface area contributed by atoms with Gasteiger partial charge in [0.15, 0.2) is 11.6 Å². The molecule has 0 radical (unpaired) electrons. The molecular formula is C26H28FN3O3. The van der Waals surface area contributed by atoms with Crippen LogP contribution < -0.4 is 9.47 Å². The Kier molecular flexibility index (Phi) is 5.35. The number of halogens is 1. The van der Waals surface area contributed by atoms with Crippen LogP contribution in [0.2, 0.25) is 0 Å². The molecule has 6 nitrogen and oxygen atoms in total. The van der Waals surface area contributed by atoms with Gasteiger partial charge in [-0.1, -0.05) is 18.2 Å². The fraction of sp³-hybridized carbons (Fsp3) is 0.385. The molecule has 33 heavy (non-hydrogen) atoms. The maximum Gasteiger partial charge on any atom is 0.257 e. The van der Waals surface area contributed by atoms with Gasteiger partial charge in [-0.05, 0) is 45.0 Å². The summed E-state index contributed by atoms with van der Waals surface area (Å²) in [5.41, 5.74) is 2.94. The molecule has 1 spiro atoms. The van der Waals surface area contributed by atoms with E-state index >= 15 is 0 Å². The zero-order valence-corrected chi connectivity index (χ0v) is 19.2. The van der Waals surface area contributed by atoms with Crippen molar-refractivity contribution < 1.29 is 18.7 Å². The van der Waals surface area contributed by atoms with Gasteiger partial charge in [-0.2, -0.15) is 5.10 Å². The van der Waals surface area contributed by atoms with E-state index in [4.69, 9.17) is 9.47 Å². The number of rotatable bonds is 4. The fourth-order valence-corrected chi connectivity index (χ4v) is 4.90. The zero-order valence-electron chi connectivity index (χ0n) is 19.2. The number of piperidine rings is 1. The van der Waals surface area contributed by atoms with Crippen molar-refractivity contribution in [1.82, 2.24) is 14.7 Å². The van der Waals surface area contributed by atoms with Gasteiger partial charge in [0.05, 0.1) is 23.6 Å². The number of para-hydroxylation sites is 2. The number of nitrogens with zero attached hydrogens (tertiary/aromatic N) is 3. The van der Waals surface area contributed by atoms with Gasteiger partial charge in [0.25, 0.3) is 5.91 Å². The number of carbonyl (C=O) groups is 1. The third kappa shape index (κ3) is 3.56. The minimum atomic E-state index is -0.535. The van der Waals surface area contributed by atoms with E-state index in [1.165, 1.54) is 6.07 Å². The van der Waals surface area contributed by atoms with E-state index < -0.39 is 11.4 Å². The van der Waals surface area contributed by atoms with Gasteiger partial charge in [-0.15, -0.1) is 0 Å². The zero-order chi connectivity index (χ0) is 23.2. The summed E-state index contributed by atoms with van der Waals surface area (Å²) in [6.45, 7) is 7.47. The Labute approximate surface area is 192 Å². The van der Waals surface area contributed by atoms with E-state index in [9.17, 15) is 9.18 Å². The summed E-state index contributed by atoms with van der Waals surface area (Å²) in [5.74, 6) is 0.123. The second-order valence-electron chi connectivity index (χ2n) is 8.89. The Hall–Kier alpha value is -3.35. The Bertz CT molecular complexity index is 1200. The van der Waals surface area contributed by atoms with Crippen LogP contribution in [0.1, 0.15) is 49.5 Å². The third-order valence-electron chi connectivity index (χ3n) is 6.49. The fourth-order valence-electron chi connectivity index (χ4n) is 4.90. The third-order valence-corrected chi connectivity index (χ3v) is 6.49. The quantitative estimate of drug-likeness (QED) is 0.561. The van der Waals surface area contributed by atoms with Crippen LogP contribution in [-0.2, 0) is 12.1 Å². The molecule has 0 saturated carbocycles. The lowest BCUT2D eigenvalue weighted by atomic mass is 9.81. The SMILES string of the molecule is CCn1ncc2c1-c1ccccc1OC21CCN(C(=O)c2cccc(F)c2OC(C)C)CC1. The molecule has 2 aliphatic rings. The number of hydrogen-bond donors (Lipinski definition) is 0. The summed E-state index contributed by atoms with van der Waals surface area (Å²) in [6, 6.07) is 12.5. The normalized spacial score (nSPS) is 16.3. The van der Waals surface area contributed by atoms with Crippen LogP contribution in [0.4, 0.5) is 4.39 Å². The van der Waals surface area contributed by atoms with Gasteiger partial charge in [0.2, 0.25) is 0 Å². The lowest BCUT2D eigenvalue weighted by molar-refractivity contribution is -0.00188. The van der Waals surface area contributed by atoms with Crippen molar-refractivity contribution in [2.45, 2.75) is 51.9 Å². The van der Waals surface area contributed by atoms with Crippen molar-refractivity contribution in [3.05, 3.63) is 65.6 Å². The standard InChI is InChI=1S/C26H28FN3O3/c1-4-30-23-18-8-5-6-11-22(18)33-26(20(23)16-28-30)12-14-29(15-13-26)25(31)19-9-7-10-21(27)24(19)32-17(2)3/h5-11,16-17H,4,12-15H2,1-3H3. The predicted molar refractivity (Wildman–Crippen MR) is 123 cm³/mol. The molecule has 2 aromatic carbocycles. The first-order valence-electron chi connectivity index (χ1n) is 11.5. The summed E-state index contributed by atoms with van der Waals surface area (Å²) in [5, 5.41) is 4.61. The molecule has 0 N–H and O–H groups in total. The topological polar surface area (TPSA) is 56.6 Å². The first-order valence-corrected chi connectivity index (χ1v) is 11.5. The van der Waals surface area contributed by atoms with E-state index in [-0.39, 0.29) is 23.3 Å². The summed E-state index contributed by atoms with van der Waals surface area (Å²) >= 11 is 0. The van der Waals surface area contributed by atoms with E-state index in [0.717, 1.165) is 29.1 Å². The Morgan fingerprint density at radius 1 is 1.18 bits per heavy atom. The molecule has 3 aromatic rings. The molecule has 3 heterocycles. The van der Waals surface area contributed by atoms with E-state index in [1.807, 2.05) is 42.9 Å². The number of amides is 1. The molecule has 2 aliphatic heterocycles. The van der Waals surface area contributed by atoms with Gasteiger partial charge in [0.1, 0.15) is 11.4 Å². The summed E-state index contributed by atoms with van der Waals surface area (Å²) in [6.07, 6.45) is 2.94. The van der Waals surface area contributed by atoms with Crippen LogP contribution in [-0.4, -0.2) is 39.8 Å². The lowest BCUT2D eigenvalue weighted by Crippen LogP contribution is -2.49. The molecule has 0 bridgehead atoms. The van der Waals surface area contributed by atoms with Crippen molar-refractivity contribution >= 4 is 5.91 Å². The maximum absolute atomic E-state index is 14.4. The minimum absolute atomic E-state index is 0.0205. The average molecular weight is 450 g/mol. The first-order chi connectivity index (χ1) is 15.9. The van der Waals surface area contributed by atoms with Gasteiger partial charge in [-0.3, -0.25) is 9.48 Å². The number of fused-ring (bicyclic) bond motifs is 4. The minimum Gasteiger partial charge on any atom is -0.487 e. The molecule has 1 saturated heterocycles. The van der Waals surface area contributed by atoms with Crippen molar-refractivity contribution in [3.63, 3.8) is 0 Å². The van der Waals surface area contributed by atoms with Crippen molar-refractivity contribution in [3.8, 4) is 22.8 Å². The number of aromatic nitrogens is 2. The van der Waals surface area contributed by atoms with Gasteiger partial charge < -0.3 is 14.4 Å². The number of hydrogen-bond acceptors (Lipinski definition) is 4. The summed E-state index contributed by atoms with van der Waals surface area (Å²) in [7, 11) is 0. The second-order valence-corrected chi connectivity index (χ2v) is 8.89. The van der Waals surface area contributed by atoms with Crippen molar-refractivity contribution in [1.29, 1.82) is 0 Å². The number of likely N-dealkylation sites (tertiary alicyclic amines) is 1. The largest absolute Gasteiger partial charge is 0.487 e. The maximum atomic E-state index is 14.4. The molecule has 172 valence electrons. The molecular weight excluding hydrogens is 421 g/mol. The molecule has 1 aromatic heterocycles. The molecule has 0 atom stereocenters. The molecule has 0 aliphatic carbocycles. The Balaban J connectivity index is 1.43. The monoisotopic (exact) mass is 449 g/mol. The number of aryl methyl sites for hydroxylation is 1. The number of ether oxygens (including phenoxy) is 2. The second kappa shape index (κ2) is 8.21. The van der Waals surface area contributed by atoms with Crippen LogP contribution in [0.3, 0.4) is 0 Å². The molecule has 1 fully saturated rings. The molecule has 0 unspecified atom stereocenters.